The van der Waals surface area contributed by atoms with E-state index in [0.717, 1.165) is 6.42 Å². The van der Waals surface area contributed by atoms with Gasteiger partial charge in [0.1, 0.15) is 0 Å². The molecule has 1 aliphatic rings. The summed E-state index contributed by atoms with van der Waals surface area (Å²) in [6.45, 7) is 0. The minimum atomic E-state index is -2.00. The zero-order valence-corrected chi connectivity index (χ0v) is 14.1. The Hall–Kier alpha value is -0.510. The van der Waals surface area contributed by atoms with Gasteiger partial charge in [-0.05, 0) is 18.4 Å². The highest BCUT2D eigenvalue weighted by molar-refractivity contribution is 6.77. The molecule has 1 aromatic heterocycles. The maximum absolute atomic E-state index is 12.2. The van der Waals surface area contributed by atoms with Gasteiger partial charge < -0.3 is 4.57 Å². The normalized spacial score (nSPS) is 16.4. The number of aryl methyl sites for hydroxylation is 1. The second kappa shape index (κ2) is 6.72. The molecule has 0 aliphatic heterocycles. The molecule has 0 amide bonds. The Morgan fingerprint density at radius 1 is 1.29 bits per heavy atom. The fraction of sp³-hybridized carbons (Fsp3) is 0.600. The molecule has 3 nitrogen and oxygen atoms in total. The van der Waals surface area contributed by atoms with Crippen molar-refractivity contribution in [3.8, 4) is 0 Å². The van der Waals surface area contributed by atoms with Gasteiger partial charge in [0, 0.05) is 25.2 Å². The van der Waals surface area contributed by atoms with Crippen LogP contribution in [0, 0.1) is 5.92 Å². The van der Waals surface area contributed by atoms with Gasteiger partial charge >= 0.3 is 0 Å². The van der Waals surface area contributed by atoms with E-state index in [2.05, 4.69) is 0 Å². The van der Waals surface area contributed by atoms with E-state index >= 15 is 0 Å². The summed E-state index contributed by atoms with van der Waals surface area (Å²) in [6, 6.07) is 1.52. The van der Waals surface area contributed by atoms with Crippen molar-refractivity contribution in [2.75, 3.05) is 0 Å². The van der Waals surface area contributed by atoms with Crippen LogP contribution >= 0.6 is 34.8 Å². The number of hydrogen-bond acceptors (Lipinski definition) is 2. The van der Waals surface area contributed by atoms with Crippen LogP contribution in [0.1, 0.15) is 59.4 Å². The number of aromatic nitrogens is 1. The molecule has 1 aliphatic carbocycles. The van der Waals surface area contributed by atoms with Crippen LogP contribution in [-0.2, 0) is 7.05 Å². The molecule has 0 aromatic carbocycles. The summed E-state index contributed by atoms with van der Waals surface area (Å²) in [4.78, 5) is 24.2. The number of alkyl halides is 3. The molecule has 116 valence electrons. The summed E-state index contributed by atoms with van der Waals surface area (Å²) in [7, 11) is 1.66. The number of ketones is 2. The molecular formula is C15H18Cl3NO2. The van der Waals surface area contributed by atoms with Crippen molar-refractivity contribution in [3.63, 3.8) is 0 Å². The average Bonchev–Trinajstić information content (AvgIpc) is 3.03. The Bertz CT molecular complexity index is 540. The van der Waals surface area contributed by atoms with E-state index < -0.39 is 9.58 Å². The highest BCUT2D eigenvalue weighted by Gasteiger charge is 2.34. The van der Waals surface area contributed by atoms with Gasteiger partial charge in [-0.15, -0.1) is 0 Å². The number of nitrogens with zero attached hydrogens (tertiary/aromatic N) is 1. The molecule has 0 unspecified atom stereocenters. The predicted octanol–water partition coefficient (Wildman–Crippen LogP) is 4.73. The maximum atomic E-state index is 12.2. The van der Waals surface area contributed by atoms with Crippen LogP contribution in [0.2, 0.25) is 0 Å². The number of rotatable bonds is 5. The first-order valence-electron chi connectivity index (χ1n) is 7.10. The number of carbonyl (C=O) groups excluding carboxylic acids is 2. The Labute approximate surface area is 139 Å². The lowest BCUT2D eigenvalue weighted by molar-refractivity contribution is 0.0972. The van der Waals surface area contributed by atoms with Crippen molar-refractivity contribution < 1.29 is 9.59 Å². The minimum absolute atomic E-state index is 0.0425. The zero-order valence-electron chi connectivity index (χ0n) is 11.9. The van der Waals surface area contributed by atoms with Crippen molar-refractivity contribution in [3.05, 3.63) is 23.5 Å². The van der Waals surface area contributed by atoms with E-state index in [1.165, 1.54) is 36.3 Å². The average molecular weight is 351 g/mol. The highest BCUT2D eigenvalue weighted by atomic mass is 35.6. The first-order chi connectivity index (χ1) is 9.79. The molecule has 1 fully saturated rings. The van der Waals surface area contributed by atoms with Gasteiger partial charge in [0.2, 0.25) is 5.78 Å². The Kier molecular flexibility index (Phi) is 5.39. The third kappa shape index (κ3) is 4.24. The monoisotopic (exact) mass is 349 g/mol. The summed E-state index contributed by atoms with van der Waals surface area (Å²) >= 11 is 16.8. The molecule has 1 saturated carbocycles. The van der Waals surface area contributed by atoms with Crippen LogP contribution in [-0.4, -0.2) is 19.9 Å². The van der Waals surface area contributed by atoms with E-state index in [9.17, 15) is 9.59 Å². The van der Waals surface area contributed by atoms with Crippen LogP contribution in [0.5, 0.6) is 0 Å². The first kappa shape index (κ1) is 16.9. The first-order valence-corrected chi connectivity index (χ1v) is 8.23. The van der Waals surface area contributed by atoms with Crippen LogP contribution in [0.25, 0.3) is 0 Å². The number of hydrogen-bond donors (Lipinski definition) is 0. The SMILES string of the molecule is Cn1cc(C(=O)CCC2CCCC2)cc1C(=O)C(Cl)(Cl)Cl. The zero-order chi connectivity index (χ0) is 15.6. The molecule has 0 bridgehead atoms. The molecule has 1 heterocycles. The second-order valence-electron chi connectivity index (χ2n) is 5.66. The minimum Gasteiger partial charge on any atom is -0.347 e. The molecule has 21 heavy (non-hydrogen) atoms. The molecule has 0 N–H and O–H groups in total. The Morgan fingerprint density at radius 2 is 1.90 bits per heavy atom. The lowest BCUT2D eigenvalue weighted by Crippen LogP contribution is -2.21. The van der Waals surface area contributed by atoms with E-state index in [-0.39, 0.29) is 11.5 Å². The molecule has 0 saturated heterocycles. The van der Waals surface area contributed by atoms with Crippen LogP contribution < -0.4 is 0 Å². The van der Waals surface area contributed by atoms with Crippen molar-refractivity contribution in [2.45, 2.75) is 42.3 Å². The van der Waals surface area contributed by atoms with Crippen molar-refractivity contribution >= 4 is 46.4 Å². The number of Topliss-reactive ketones (excluding diaryl/α,β-unsaturated/α-hetero) is 2. The molecule has 2 rings (SSSR count). The summed E-state index contributed by atoms with van der Waals surface area (Å²) in [5, 5.41) is 0. The van der Waals surface area contributed by atoms with Crippen molar-refractivity contribution in [1.29, 1.82) is 0 Å². The summed E-state index contributed by atoms with van der Waals surface area (Å²) in [5.74, 6) is 0.0886. The molecule has 0 radical (unpaired) electrons. The molecule has 1 aromatic rings. The summed E-state index contributed by atoms with van der Waals surface area (Å²) in [6.07, 6.45) is 8.04. The van der Waals surface area contributed by atoms with Gasteiger partial charge in [-0.3, -0.25) is 9.59 Å². The van der Waals surface area contributed by atoms with E-state index in [4.69, 9.17) is 34.8 Å². The lowest BCUT2D eigenvalue weighted by Gasteiger charge is -2.09. The van der Waals surface area contributed by atoms with Gasteiger partial charge in [-0.1, -0.05) is 60.5 Å². The maximum Gasteiger partial charge on any atom is 0.255 e. The molecule has 0 atom stereocenters. The summed E-state index contributed by atoms with van der Waals surface area (Å²) in [5.41, 5.74) is 0.743. The lowest BCUT2D eigenvalue weighted by atomic mass is 9.98. The predicted molar refractivity (Wildman–Crippen MR) is 85.6 cm³/mol. The topological polar surface area (TPSA) is 39.1 Å². The Balaban J connectivity index is 2.03. The third-order valence-corrected chi connectivity index (χ3v) is 4.59. The van der Waals surface area contributed by atoms with Crippen molar-refractivity contribution in [1.82, 2.24) is 4.57 Å². The van der Waals surface area contributed by atoms with E-state index in [0.29, 0.717) is 17.9 Å². The number of halogens is 3. The summed E-state index contributed by atoms with van der Waals surface area (Å²) < 4.78 is -0.469. The smallest absolute Gasteiger partial charge is 0.255 e. The van der Waals surface area contributed by atoms with Crippen molar-refractivity contribution in [2.24, 2.45) is 13.0 Å². The highest BCUT2D eigenvalue weighted by Crippen LogP contribution is 2.32. The second-order valence-corrected chi connectivity index (χ2v) is 7.95. The van der Waals surface area contributed by atoms with Crippen LogP contribution in [0.3, 0.4) is 0 Å². The molecular weight excluding hydrogens is 333 g/mol. The van der Waals surface area contributed by atoms with Gasteiger partial charge in [0.25, 0.3) is 3.79 Å². The third-order valence-electron chi connectivity index (χ3n) is 4.07. The molecule has 0 spiro atoms. The van der Waals surface area contributed by atoms with E-state index in [1.54, 1.807) is 13.2 Å². The quantitative estimate of drug-likeness (QED) is 0.569. The molecule has 6 heteroatoms. The standard InChI is InChI=1S/C15H18Cl3NO2/c1-19-9-11(8-12(19)14(21)15(16,17)18)13(20)7-6-10-4-2-3-5-10/h8-10H,2-7H2,1H3. The van der Waals surface area contributed by atoms with Gasteiger partial charge in [-0.2, -0.15) is 0 Å². The van der Waals surface area contributed by atoms with E-state index in [1.807, 2.05) is 0 Å². The van der Waals surface area contributed by atoms with Gasteiger partial charge in [0.05, 0.1) is 5.69 Å². The fourth-order valence-electron chi connectivity index (χ4n) is 2.87. The largest absolute Gasteiger partial charge is 0.347 e. The van der Waals surface area contributed by atoms with Gasteiger partial charge in [-0.25, -0.2) is 0 Å². The van der Waals surface area contributed by atoms with Crippen LogP contribution in [0.4, 0.5) is 0 Å². The Morgan fingerprint density at radius 3 is 2.48 bits per heavy atom. The van der Waals surface area contributed by atoms with Crippen LogP contribution in [0.15, 0.2) is 12.3 Å². The fourth-order valence-corrected chi connectivity index (χ4v) is 3.16. The number of carbonyl (C=O) groups is 2. The van der Waals surface area contributed by atoms with Gasteiger partial charge in [0.15, 0.2) is 5.78 Å².